The maximum absolute atomic E-state index is 14.0. The monoisotopic (exact) mass is 440 g/mol. The van der Waals surface area contributed by atoms with Crippen LogP contribution >= 0.6 is 0 Å². The van der Waals surface area contributed by atoms with Crippen LogP contribution in [-0.2, 0) is 0 Å². The van der Waals surface area contributed by atoms with Gasteiger partial charge in [-0.1, -0.05) is 51.0 Å². The maximum Gasteiger partial charge on any atom is 0.387 e. The van der Waals surface area contributed by atoms with Crippen LogP contribution in [-0.4, -0.2) is 6.61 Å². The van der Waals surface area contributed by atoms with Gasteiger partial charge in [-0.3, -0.25) is 0 Å². The van der Waals surface area contributed by atoms with E-state index in [1.54, 1.807) is 0 Å². The zero-order valence-electron chi connectivity index (χ0n) is 18.4. The lowest BCUT2D eigenvalue weighted by Crippen LogP contribution is -2.18. The Morgan fingerprint density at radius 1 is 0.839 bits per heavy atom. The fraction of sp³-hybridized carbons (Fsp3) is 0.692. The van der Waals surface area contributed by atoms with Crippen molar-refractivity contribution in [2.75, 3.05) is 0 Å². The summed E-state index contributed by atoms with van der Waals surface area (Å²) in [5, 5.41) is 0. The van der Waals surface area contributed by atoms with E-state index in [1.165, 1.54) is 63.5 Å². The fourth-order valence-electron chi connectivity index (χ4n) is 5.63. The third-order valence-corrected chi connectivity index (χ3v) is 7.52. The Morgan fingerprint density at radius 3 is 1.81 bits per heavy atom. The van der Waals surface area contributed by atoms with E-state index in [2.05, 4.69) is 11.3 Å². The highest BCUT2D eigenvalue weighted by Crippen LogP contribution is 2.41. The predicted molar refractivity (Wildman–Crippen MR) is 116 cm³/mol. The number of allylic oxidation sites excluding steroid dienone is 1. The first-order valence-electron chi connectivity index (χ1n) is 12.0. The van der Waals surface area contributed by atoms with Crippen LogP contribution in [0.1, 0.15) is 95.0 Å². The quantitative estimate of drug-likeness (QED) is 0.201. The molecule has 0 radical (unpaired) electrons. The van der Waals surface area contributed by atoms with Crippen LogP contribution in [0.3, 0.4) is 0 Å². The molecule has 1 aromatic carbocycles. The van der Waals surface area contributed by atoms with Crippen LogP contribution in [0.5, 0.6) is 5.75 Å². The molecule has 1 aromatic rings. The Balaban J connectivity index is 1.39. The van der Waals surface area contributed by atoms with Crippen molar-refractivity contribution in [1.82, 2.24) is 0 Å². The third kappa shape index (κ3) is 7.25. The summed E-state index contributed by atoms with van der Waals surface area (Å²) < 4.78 is 56.7. The van der Waals surface area contributed by atoms with Crippen LogP contribution < -0.4 is 4.74 Å². The molecule has 2 fully saturated rings. The Labute approximate surface area is 184 Å². The van der Waals surface area contributed by atoms with Gasteiger partial charge in [0.2, 0.25) is 0 Å². The van der Waals surface area contributed by atoms with Gasteiger partial charge in [-0.15, -0.1) is 6.58 Å². The number of alkyl halides is 2. The minimum Gasteiger partial charge on any atom is -0.429 e. The summed E-state index contributed by atoms with van der Waals surface area (Å²) in [4.78, 5) is 0. The van der Waals surface area contributed by atoms with Gasteiger partial charge in [0.1, 0.15) is 0 Å². The number of benzene rings is 1. The largest absolute Gasteiger partial charge is 0.429 e. The smallest absolute Gasteiger partial charge is 0.387 e. The molecule has 3 rings (SSSR count). The minimum atomic E-state index is -3.24. The standard InChI is InChI=1S/C26H36F4O/c1-2-3-4-5-18-6-8-19(9-7-18)10-11-20-12-14-21(15-13-20)22-16-23(27)25(24(28)17-22)31-26(29)30/h2,16-21,26H,1,3-15H2/t18-,19-,20-,21-. The number of halogens is 4. The number of hydrogen-bond donors (Lipinski definition) is 0. The molecule has 0 N–H and O–H groups in total. The highest BCUT2D eigenvalue weighted by atomic mass is 19.3. The molecule has 2 aliphatic carbocycles. The first-order valence-corrected chi connectivity index (χ1v) is 12.0. The van der Waals surface area contributed by atoms with Crippen molar-refractivity contribution in [3.8, 4) is 5.75 Å². The second-order valence-corrected chi connectivity index (χ2v) is 9.59. The summed E-state index contributed by atoms with van der Waals surface area (Å²) in [6, 6.07) is 2.33. The van der Waals surface area contributed by atoms with Crippen molar-refractivity contribution in [3.63, 3.8) is 0 Å². The van der Waals surface area contributed by atoms with E-state index in [4.69, 9.17) is 0 Å². The highest BCUT2D eigenvalue weighted by Gasteiger charge is 2.27. The highest BCUT2D eigenvalue weighted by molar-refractivity contribution is 5.33. The lowest BCUT2D eigenvalue weighted by molar-refractivity contribution is -0.0546. The molecule has 0 spiro atoms. The van der Waals surface area contributed by atoms with Gasteiger partial charge in [-0.2, -0.15) is 8.78 Å². The second kappa shape index (κ2) is 11.9. The summed E-state index contributed by atoms with van der Waals surface area (Å²) in [5.74, 6) is -0.522. The molecule has 174 valence electrons. The van der Waals surface area contributed by atoms with E-state index in [0.29, 0.717) is 11.5 Å². The fourth-order valence-corrected chi connectivity index (χ4v) is 5.63. The number of rotatable bonds is 10. The molecule has 0 amide bonds. The molecule has 0 aliphatic heterocycles. The molecule has 0 aromatic heterocycles. The van der Waals surface area contributed by atoms with Crippen LogP contribution in [0.4, 0.5) is 17.6 Å². The number of unbranched alkanes of at least 4 members (excludes halogenated alkanes) is 1. The normalized spacial score (nSPS) is 26.7. The molecule has 0 heterocycles. The Bertz CT molecular complexity index is 666. The minimum absolute atomic E-state index is 0.0897. The van der Waals surface area contributed by atoms with Crippen molar-refractivity contribution in [2.24, 2.45) is 17.8 Å². The first kappa shape index (κ1) is 24.1. The van der Waals surface area contributed by atoms with Gasteiger partial charge in [0, 0.05) is 0 Å². The predicted octanol–water partition coefficient (Wildman–Crippen LogP) is 8.78. The molecular weight excluding hydrogens is 404 g/mol. The van der Waals surface area contributed by atoms with Crippen molar-refractivity contribution in [1.29, 1.82) is 0 Å². The maximum atomic E-state index is 14.0. The van der Waals surface area contributed by atoms with Gasteiger partial charge in [0.15, 0.2) is 17.4 Å². The van der Waals surface area contributed by atoms with Gasteiger partial charge in [-0.25, -0.2) is 8.78 Å². The SMILES string of the molecule is C=CCCC[C@H]1CC[C@H](CC[C@H]2CC[C@H](c3cc(F)c(OC(F)F)c(F)c3)CC2)CC1. The molecule has 0 unspecified atom stereocenters. The van der Waals surface area contributed by atoms with Gasteiger partial charge < -0.3 is 4.74 Å². The molecule has 2 aliphatic rings. The van der Waals surface area contributed by atoms with Crippen LogP contribution in [0.2, 0.25) is 0 Å². The number of hydrogen-bond acceptors (Lipinski definition) is 1. The first-order chi connectivity index (χ1) is 15.0. The molecule has 0 atom stereocenters. The summed E-state index contributed by atoms with van der Waals surface area (Å²) in [6.07, 6.45) is 17.7. The van der Waals surface area contributed by atoms with E-state index >= 15 is 0 Å². The Hall–Kier alpha value is -1.52. The van der Waals surface area contributed by atoms with Gasteiger partial charge in [0.05, 0.1) is 0 Å². The van der Waals surface area contributed by atoms with Crippen LogP contribution in [0.25, 0.3) is 0 Å². The van der Waals surface area contributed by atoms with Crippen LogP contribution in [0.15, 0.2) is 24.8 Å². The van der Waals surface area contributed by atoms with Crippen molar-refractivity contribution >= 4 is 0 Å². The molecule has 2 saturated carbocycles. The van der Waals surface area contributed by atoms with E-state index in [-0.39, 0.29) is 5.92 Å². The van der Waals surface area contributed by atoms with E-state index < -0.39 is 24.0 Å². The van der Waals surface area contributed by atoms with Gasteiger partial charge in [-0.05, 0) is 79.9 Å². The zero-order valence-corrected chi connectivity index (χ0v) is 18.4. The van der Waals surface area contributed by atoms with E-state index in [1.807, 2.05) is 6.08 Å². The lowest BCUT2D eigenvalue weighted by Gasteiger charge is -2.32. The summed E-state index contributed by atoms with van der Waals surface area (Å²) in [6.45, 7) is 0.565. The van der Waals surface area contributed by atoms with Crippen molar-refractivity contribution < 1.29 is 22.3 Å². The average Bonchev–Trinajstić information content (AvgIpc) is 2.76. The Kier molecular flexibility index (Phi) is 9.28. The molecular formula is C26H36F4O. The Morgan fingerprint density at radius 2 is 1.32 bits per heavy atom. The third-order valence-electron chi connectivity index (χ3n) is 7.52. The van der Waals surface area contributed by atoms with Gasteiger partial charge >= 0.3 is 6.61 Å². The van der Waals surface area contributed by atoms with Crippen molar-refractivity contribution in [2.45, 2.75) is 96.0 Å². The number of ether oxygens (including phenoxy) is 1. The molecule has 5 heteroatoms. The molecule has 1 nitrogen and oxygen atoms in total. The molecule has 31 heavy (non-hydrogen) atoms. The molecule has 0 saturated heterocycles. The summed E-state index contributed by atoms with van der Waals surface area (Å²) >= 11 is 0. The summed E-state index contributed by atoms with van der Waals surface area (Å²) in [7, 11) is 0. The van der Waals surface area contributed by atoms with E-state index in [0.717, 1.165) is 43.9 Å². The lowest BCUT2D eigenvalue weighted by atomic mass is 9.74. The summed E-state index contributed by atoms with van der Waals surface area (Å²) in [5.41, 5.74) is 0.560. The zero-order chi connectivity index (χ0) is 22.2. The van der Waals surface area contributed by atoms with Crippen LogP contribution in [0, 0.1) is 29.4 Å². The molecule has 0 bridgehead atoms. The second-order valence-electron chi connectivity index (χ2n) is 9.59. The topological polar surface area (TPSA) is 9.23 Å². The van der Waals surface area contributed by atoms with E-state index in [9.17, 15) is 17.6 Å². The van der Waals surface area contributed by atoms with Crippen molar-refractivity contribution in [3.05, 3.63) is 42.0 Å². The van der Waals surface area contributed by atoms with Gasteiger partial charge in [0.25, 0.3) is 0 Å². The average molecular weight is 441 g/mol.